The number of amides is 1. The number of methoxy groups -OCH3 is 1. The third kappa shape index (κ3) is 4.31. The van der Waals surface area contributed by atoms with Gasteiger partial charge >= 0.3 is 0 Å². The number of carbonyl (C=O) groups excluding carboxylic acids is 2. The number of hydrogen-bond donors (Lipinski definition) is 1. The second-order valence-electron chi connectivity index (χ2n) is 8.93. The summed E-state index contributed by atoms with van der Waals surface area (Å²) < 4.78 is 13.0. The van der Waals surface area contributed by atoms with Gasteiger partial charge in [0.2, 0.25) is 0 Å². The van der Waals surface area contributed by atoms with E-state index in [4.69, 9.17) is 9.47 Å². The fourth-order valence-electron chi connectivity index (χ4n) is 4.37. The first-order chi connectivity index (χ1) is 16.3. The van der Waals surface area contributed by atoms with Crippen molar-refractivity contribution < 1.29 is 24.2 Å². The molecule has 1 amide bonds. The highest BCUT2D eigenvalue weighted by atomic mass is 16.5. The molecule has 1 N–H and O–H groups in total. The van der Waals surface area contributed by atoms with Crippen LogP contribution < -0.4 is 4.74 Å². The Labute approximate surface area is 199 Å². The van der Waals surface area contributed by atoms with Crippen molar-refractivity contribution in [3.63, 3.8) is 0 Å². The SMILES string of the molecule is COCCN1C(=O)C(=O)/C(=C(/O)c2cccc(OCC(C)C)c2)C1c1cn(C)c2ccccc12. The van der Waals surface area contributed by atoms with Gasteiger partial charge in [-0.3, -0.25) is 9.59 Å². The fraction of sp³-hybridized carbons (Fsp3) is 0.333. The maximum absolute atomic E-state index is 13.2. The minimum Gasteiger partial charge on any atom is -0.507 e. The van der Waals surface area contributed by atoms with Crippen molar-refractivity contribution in [2.24, 2.45) is 13.0 Å². The van der Waals surface area contributed by atoms with Gasteiger partial charge in [0.1, 0.15) is 11.5 Å². The Morgan fingerprint density at radius 1 is 1.12 bits per heavy atom. The van der Waals surface area contributed by atoms with Crippen molar-refractivity contribution in [1.82, 2.24) is 9.47 Å². The standard InChI is InChI=1S/C27H30N2O5/c1-17(2)16-34-19-9-7-8-18(14-19)25(30)23-24(29(12-13-33-4)27(32)26(23)31)21-15-28(3)22-11-6-5-10-20(21)22/h5-11,14-15,17,24,30H,12-13,16H2,1-4H3/b25-23+. The van der Waals surface area contributed by atoms with E-state index < -0.39 is 17.7 Å². The number of aryl methyl sites for hydroxylation is 1. The molecule has 2 heterocycles. The highest BCUT2D eigenvalue weighted by Crippen LogP contribution is 2.42. The number of ether oxygens (including phenoxy) is 2. The molecule has 34 heavy (non-hydrogen) atoms. The summed E-state index contributed by atoms with van der Waals surface area (Å²) in [6.45, 7) is 5.13. The molecule has 1 unspecified atom stereocenters. The molecular formula is C27H30N2O5. The Balaban J connectivity index is 1.87. The van der Waals surface area contributed by atoms with Crippen molar-refractivity contribution in [1.29, 1.82) is 0 Å². The molecule has 0 bridgehead atoms. The molecule has 0 aliphatic carbocycles. The Morgan fingerprint density at radius 2 is 1.88 bits per heavy atom. The third-order valence-corrected chi connectivity index (χ3v) is 5.99. The van der Waals surface area contributed by atoms with E-state index in [1.165, 1.54) is 4.90 Å². The van der Waals surface area contributed by atoms with E-state index in [1.807, 2.05) is 42.1 Å². The summed E-state index contributed by atoms with van der Waals surface area (Å²) in [7, 11) is 3.47. The van der Waals surface area contributed by atoms with Crippen LogP contribution in [0.4, 0.5) is 0 Å². The van der Waals surface area contributed by atoms with E-state index in [9.17, 15) is 14.7 Å². The number of carbonyl (C=O) groups is 2. The van der Waals surface area contributed by atoms with E-state index in [-0.39, 0.29) is 24.5 Å². The van der Waals surface area contributed by atoms with Crippen LogP contribution in [0.2, 0.25) is 0 Å². The third-order valence-electron chi connectivity index (χ3n) is 5.99. The Morgan fingerprint density at radius 3 is 2.62 bits per heavy atom. The number of fused-ring (bicyclic) bond motifs is 1. The van der Waals surface area contributed by atoms with Gasteiger partial charge in [-0.1, -0.05) is 44.2 Å². The molecule has 2 aromatic carbocycles. The van der Waals surface area contributed by atoms with Crippen LogP contribution in [0.15, 0.2) is 60.3 Å². The number of aliphatic hydroxyl groups excluding tert-OH is 1. The zero-order valence-electron chi connectivity index (χ0n) is 19.9. The summed E-state index contributed by atoms with van der Waals surface area (Å²) in [5.41, 5.74) is 2.25. The molecule has 7 nitrogen and oxygen atoms in total. The number of ketones is 1. The number of Topliss-reactive ketones (excluding diaryl/α,β-unsaturated/α-hetero) is 1. The molecule has 0 spiro atoms. The maximum Gasteiger partial charge on any atom is 0.295 e. The highest BCUT2D eigenvalue weighted by molar-refractivity contribution is 6.46. The van der Waals surface area contributed by atoms with Crippen LogP contribution >= 0.6 is 0 Å². The Hall–Kier alpha value is -3.58. The van der Waals surface area contributed by atoms with Gasteiger partial charge in [-0.25, -0.2) is 0 Å². The van der Waals surface area contributed by atoms with Crippen LogP contribution in [-0.2, 0) is 21.4 Å². The summed E-state index contributed by atoms with van der Waals surface area (Å²) in [5, 5.41) is 12.3. The van der Waals surface area contributed by atoms with Crippen molar-refractivity contribution in [2.45, 2.75) is 19.9 Å². The Bertz CT molecular complexity index is 1260. The van der Waals surface area contributed by atoms with Gasteiger partial charge in [-0.15, -0.1) is 0 Å². The minimum atomic E-state index is -0.735. The summed E-state index contributed by atoms with van der Waals surface area (Å²) in [6, 6.07) is 14.0. The van der Waals surface area contributed by atoms with Gasteiger partial charge < -0.3 is 24.0 Å². The lowest BCUT2D eigenvalue weighted by Gasteiger charge is -2.24. The minimum absolute atomic E-state index is 0.0680. The molecule has 3 aromatic rings. The van der Waals surface area contributed by atoms with Gasteiger partial charge in [0.05, 0.1) is 24.8 Å². The molecular weight excluding hydrogens is 432 g/mol. The van der Waals surface area contributed by atoms with E-state index in [1.54, 1.807) is 31.4 Å². The molecule has 1 atom stereocenters. The number of likely N-dealkylation sites (tertiary alicyclic amines) is 1. The molecule has 178 valence electrons. The van der Waals surface area contributed by atoms with Gasteiger partial charge in [0.15, 0.2) is 0 Å². The molecule has 1 fully saturated rings. The average Bonchev–Trinajstić information content (AvgIpc) is 3.29. The smallest absolute Gasteiger partial charge is 0.295 e. The van der Waals surface area contributed by atoms with Crippen LogP contribution in [0.5, 0.6) is 5.75 Å². The predicted octanol–water partition coefficient (Wildman–Crippen LogP) is 4.28. The first-order valence-corrected chi connectivity index (χ1v) is 11.4. The Kier molecular flexibility index (Phi) is 6.75. The summed E-state index contributed by atoms with van der Waals surface area (Å²) in [5.74, 6) is -0.641. The normalized spacial score (nSPS) is 17.8. The fourth-order valence-corrected chi connectivity index (χ4v) is 4.37. The number of hydrogen-bond acceptors (Lipinski definition) is 5. The quantitative estimate of drug-likeness (QED) is 0.307. The molecule has 1 aliphatic heterocycles. The number of nitrogens with zero attached hydrogens (tertiary/aromatic N) is 2. The van der Waals surface area contributed by atoms with Gasteiger partial charge in [0, 0.05) is 48.9 Å². The van der Waals surface area contributed by atoms with E-state index in [2.05, 4.69) is 13.8 Å². The van der Waals surface area contributed by atoms with E-state index >= 15 is 0 Å². The molecule has 0 radical (unpaired) electrons. The number of benzene rings is 2. The monoisotopic (exact) mass is 462 g/mol. The molecule has 0 saturated carbocycles. The lowest BCUT2D eigenvalue weighted by molar-refractivity contribution is -0.140. The lowest BCUT2D eigenvalue weighted by Crippen LogP contribution is -2.32. The first kappa shape index (κ1) is 23.6. The number of rotatable bonds is 8. The van der Waals surface area contributed by atoms with Gasteiger partial charge in [-0.05, 0) is 24.1 Å². The second kappa shape index (κ2) is 9.73. The number of para-hydroxylation sites is 1. The maximum atomic E-state index is 13.2. The summed E-state index contributed by atoms with van der Waals surface area (Å²) >= 11 is 0. The average molecular weight is 463 g/mol. The zero-order valence-corrected chi connectivity index (χ0v) is 19.9. The van der Waals surface area contributed by atoms with Crippen molar-refractivity contribution >= 4 is 28.4 Å². The predicted molar refractivity (Wildman–Crippen MR) is 131 cm³/mol. The largest absolute Gasteiger partial charge is 0.507 e. The molecule has 4 rings (SSSR count). The summed E-state index contributed by atoms with van der Waals surface area (Å²) in [4.78, 5) is 27.8. The van der Waals surface area contributed by atoms with E-state index in [0.717, 1.165) is 16.5 Å². The highest BCUT2D eigenvalue weighted by Gasteiger charge is 2.46. The summed E-state index contributed by atoms with van der Waals surface area (Å²) in [6.07, 6.45) is 1.91. The van der Waals surface area contributed by atoms with Crippen LogP contribution in [0.1, 0.15) is 31.0 Å². The molecule has 7 heteroatoms. The first-order valence-electron chi connectivity index (χ1n) is 11.4. The van der Waals surface area contributed by atoms with Gasteiger partial charge in [0.25, 0.3) is 11.7 Å². The molecule has 1 aromatic heterocycles. The van der Waals surface area contributed by atoms with Crippen molar-refractivity contribution in [2.75, 3.05) is 26.9 Å². The van der Waals surface area contributed by atoms with Crippen LogP contribution in [0, 0.1) is 5.92 Å². The van der Waals surface area contributed by atoms with E-state index in [0.29, 0.717) is 23.8 Å². The van der Waals surface area contributed by atoms with Crippen LogP contribution in [0.3, 0.4) is 0 Å². The van der Waals surface area contributed by atoms with Crippen LogP contribution in [-0.4, -0.2) is 53.1 Å². The van der Waals surface area contributed by atoms with Crippen molar-refractivity contribution in [3.8, 4) is 5.75 Å². The topological polar surface area (TPSA) is 81.0 Å². The van der Waals surface area contributed by atoms with Crippen LogP contribution in [0.25, 0.3) is 16.7 Å². The lowest BCUT2D eigenvalue weighted by atomic mass is 9.95. The van der Waals surface area contributed by atoms with Gasteiger partial charge in [-0.2, -0.15) is 0 Å². The second-order valence-corrected chi connectivity index (χ2v) is 8.93. The molecule has 1 aliphatic rings. The number of aromatic nitrogens is 1. The van der Waals surface area contributed by atoms with Crippen molar-refractivity contribution in [3.05, 3.63) is 71.4 Å². The molecule has 1 saturated heterocycles. The zero-order chi connectivity index (χ0) is 24.4. The number of aliphatic hydroxyl groups is 1.